The van der Waals surface area contributed by atoms with Crippen LogP contribution in [0, 0.1) is 17.1 Å². The van der Waals surface area contributed by atoms with Crippen LogP contribution in [0.5, 0.6) is 0 Å². The van der Waals surface area contributed by atoms with Crippen LogP contribution in [0.25, 0.3) is 16.4 Å². The third-order valence-corrected chi connectivity index (χ3v) is 8.83. The first-order valence-corrected chi connectivity index (χ1v) is 13.7. The summed E-state index contributed by atoms with van der Waals surface area (Å²) in [6.45, 7) is 7.58. The zero-order valence-electron chi connectivity index (χ0n) is 21.7. The van der Waals surface area contributed by atoms with E-state index in [0.29, 0.717) is 36.3 Å². The average Bonchev–Trinajstić information content (AvgIpc) is 3.54. The monoisotopic (exact) mass is 513 g/mol. The van der Waals surface area contributed by atoms with Gasteiger partial charge in [-0.2, -0.15) is 15.5 Å². The highest BCUT2D eigenvalue weighted by Gasteiger charge is 2.30. The Morgan fingerprint density at radius 1 is 1.08 bits per heavy atom. The molecule has 196 valence electrons. The Hall–Kier alpha value is -3.48. The van der Waals surface area contributed by atoms with Crippen molar-refractivity contribution in [3.8, 4) is 6.07 Å². The topological polar surface area (TPSA) is 74.6 Å². The molecule has 0 unspecified atom stereocenters. The molecule has 3 aliphatic heterocycles. The van der Waals surface area contributed by atoms with E-state index in [-0.39, 0.29) is 6.04 Å². The summed E-state index contributed by atoms with van der Waals surface area (Å²) in [6, 6.07) is 13.3. The summed E-state index contributed by atoms with van der Waals surface area (Å²) in [4.78, 5) is 4.86. The van der Waals surface area contributed by atoms with Crippen molar-refractivity contribution >= 4 is 22.1 Å². The zero-order valence-corrected chi connectivity index (χ0v) is 21.7. The number of hydrogen-bond donors (Lipinski definition) is 0. The number of benzene rings is 1. The molecule has 3 aromatic heterocycles. The molecule has 0 spiro atoms. The molecule has 8 nitrogen and oxygen atoms in total. The van der Waals surface area contributed by atoms with E-state index in [1.807, 2.05) is 6.07 Å². The van der Waals surface area contributed by atoms with Gasteiger partial charge in [0.05, 0.1) is 35.7 Å². The van der Waals surface area contributed by atoms with Crippen LogP contribution in [0.2, 0.25) is 0 Å². The Kier molecular flexibility index (Phi) is 5.82. The summed E-state index contributed by atoms with van der Waals surface area (Å²) in [6.07, 6.45) is 5.88. The molecule has 0 amide bonds. The maximum atomic E-state index is 14.8. The van der Waals surface area contributed by atoms with E-state index in [1.165, 1.54) is 29.1 Å². The lowest BCUT2D eigenvalue weighted by atomic mass is 9.87. The first-order valence-electron chi connectivity index (χ1n) is 13.7. The van der Waals surface area contributed by atoms with E-state index in [9.17, 15) is 9.65 Å². The van der Waals surface area contributed by atoms with Crippen LogP contribution in [0.3, 0.4) is 0 Å². The van der Waals surface area contributed by atoms with E-state index in [1.54, 1.807) is 6.07 Å². The molecular weight excluding hydrogens is 481 g/mol. The molecule has 1 atom stereocenters. The Morgan fingerprint density at radius 3 is 2.68 bits per heavy atom. The Balaban J connectivity index is 1.15. The largest absolute Gasteiger partial charge is 0.381 e. The minimum atomic E-state index is -0.416. The number of anilines is 1. The lowest BCUT2D eigenvalue weighted by Gasteiger charge is -2.39. The van der Waals surface area contributed by atoms with Crippen molar-refractivity contribution in [2.75, 3.05) is 37.7 Å². The summed E-state index contributed by atoms with van der Waals surface area (Å²) in [5.74, 6) is 0.154. The third-order valence-electron chi connectivity index (χ3n) is 8.83. The number of pyridine rings is 1. The smallest absolute Gasteiger partial charge is 0.171 e. The quantitative estimate of drug-likeness (QED) is 0.398. The summed E-state index contributed by atoms with van der Waals surface area (Å²) in [5, 5.41) is 19.7. The fourth-order valence-electron chi connectivity index (χ4n) is 6.81. The number of halogens is 1. The fraction of sp³-hybridized carbons (Fsp3) is 0.483. The van der Waals surface area contributed by atoms with Crippen LogP contribution in [0.4, 0.5) is 10.1 Å². The van der Waals surface area contributed by atoms with E-state index in [4.69, 9.17) is 9.84 Å². The van der Waals surface area contributed by atoms with E-state index < -0.39 is 5.82 Å². The predicted molar refractivity (Wildman–Crippen MR) is 143 cm³/mol. The fourth-order valence-corrected chi connectivity index (χ4v) is 6.81. The summed E-state index contributed by atoms with van der Waals surface area (Å²) >= 11 is 0. The van der Waals surface area contributed by atoms with Gasteiger partial charge < -0.3 is 14.5 Å². The number of likely N-dealkylation sites (tertiary alicyclic amines) is 1. The second-order valence-electron chi connectivity index (χ2n) is 11.0. The molecule has 2 saturated heterocycles. The van der Waals surface area contributed by atoms with Gasteiger partial charge in [-0.3, -0.25) is 4.68 Å². The minimum Gasteiger partial charge on any atom is -0.381 e. The molecule has 0 saturated carbocycles. The summed E-state index contributed by atoms with van der Waals surface area (Å²) in [7, 11) is 0. The van der Waals surface area contributed by atoms with Crippen molar-refractivity contribution in [2.45, 2.75) is 57.2 Å². The first kappa shape index (κ1) is 23.6. The van der Waals surface area contributed by atoms with Crippen LogP contribution in [0.15, 0.2) is 36.5 Å². The standard InChI is InChI=1S/C29H32FN7O/c1-19-17-35(27-5-3-23(15-31)37-29(27)25(30)16-32-37)18-28-24-4-2-21(14-26(24)33-36(19)28)20-6-10-34(11-7-20)22-8-12-38-13-9-22/h2-5,14,16,19-20,22H,6-13,17-18H2,1H3/t19-/m1/s1. The van der Waals surface area contributed by atoms with Crippen molar-refractivity contribution in [3.05, 3.63) is 59.3 Å². The van der Waals surface area contributed by atoms with Gasteiger partial charge in [-0.25, -0.2) is 8.91 Å². The number of hydrogen-bond acceptors (Lipinski definition) is 6. The van der Waals surface area contributed by atoms with Crippen molar-refractivity contribution in [2.24, 2.45) is 0 Å². The lowest BCUT2D eigenvalue weighted by molar-refractivity contribution is 0.0252. The van der Waals surface area contributed by atoms with Gasteiger partial charge in [-0.05, 0) is 75.4 Å². The predicted octanol–water partition coefficient (Wildman–Crippen LogP) is 4.63. The van der Waals surface area contributed by atoms with E-state index in [2.05, 4.69) is 50.8 Å². The Bertz CT molecular complexity index is 1540. The Morgan fingerprint density at radius 2 is 1.89 bits per heavy atom. The molecule has 6 heterocycles. The number of nitrogens with zero attached hydrogens (tertiary/aromatic N) is 7. The highest BCUT2D eigenvalue weighted by atomic mass is 19.1. The molecule has 9 heteroatoms. The normalized spacial score (nSPS) is 21.7. The molecule has 3 aliphatic rings. The van der Waals surface area contributed by atoms with Crippen LogP contribution in [0.1, 0.15) is 61.5 Å². The first-order chi connectivity index (χ1) is 18.6. The lowest BCUT2D eigenvalue weighted by Crippen LogP contribution is -2.43. The van der Waals surface area contributed by atoms with Gasteiger partial charge in [-0.1, -0.05) is 12.1 Å². The van der Waals surface area contributed by atoms with E-state index in [0.717, 1.165) is 61.4 Å². The molecule has 0 N–H and O–H groups in total. The number of nitriles is 1. The molecule has 38 heavy (non-hydrogen) atoms. The third kappa shape index (κ3) is 3.86. The molecule has 7 rings (SSSR count). The SMILES string of the molecule is C[C@@H]1CN(c2ccc(C#N)n3ncc(F)c23)Cc2c3ccc(C4CCN(C5CCOCC5)CC4)cc3nn21. The maximum Gasteiger partial charge on any atom is 0.171 e. The van der Waals surface area contributed by atoms with Crippen LogP contribution < -0.4 is 4.90 Å². The molecule has 4 aromatic rings. The van der Waals surface area contributed by atoms with Crippen molar-refractivity contribution in [3.63, 3.8) is 0 Å². The van der Waals surface area contributed by atoms with Crippen molar-refractivity contribution in [1.82, 2.24) is 24.3 Å². The number of aromatic nitrogens is 4. The van der Waals surface area contributed by atoms with Gasteiger partial charge >= 0.3 is 0 Å². The molecule has 0 aliphatic carbocycles. The van der Waals surface area contributed by atoms with Gasteiger partial charge in [-0.15, -0.1) is 0 Å². The van der Waals surface area contributed by atoms with Crippen molar-refractivity contribution in [1.29, 1.82) is 5.26 Å². The van der Waals surface area contributed by atoms with Gasteiger partial charge in [0.1, 0.15) is 17.3 Å². The Labute approximate surface area is 221 Å². The van der Waals surface area contributed by atoms with Gasteiger partial charge in [0.15, 0.2) is 5.82 Å². The summed E-state index contributed by atoms with van der Waals surface area (Å²) < 4.78 is 23.9. The minimum absolute atomic E-state index is 0.124. The molecule has 1 aromatic carbocycles. The molecular formula is C29H32FN7O. The van der Waals surface area contributed by atoms with E-state index >= 15 is 0 Å². The van der Waals surface area contributed by atoms with Gasteiger partial charge in [0.25, 0.3) is 0 Å². The van der Waals surface area contributed by atoms with Gasteiger partial charge in [0.2, 0.25) is 0 Å². The highest BCUT2D eigenvalue weighted by Crippen LogP contribution is 2.36. The van der Waals surface area contributed by atoms with Gasteiger partial charge in [0, 0.05) is 31.2 Å². The van der Waals surface area contributed by atoms with Crippen LogP contribution >= 0.6 is 0 Å². The number of rotatable bonds is 3. The number of fused-ring (bicyclic) bond motifs is 4. The zero-order chi connectivity index (χ0) is 25.8. The van der Waals surface area contributed by atoms with Crippen LogP contribution in [-0.2, 0) is 11.3 Å². The van der Waals surface area contributed by atoms with Crippen LogP contribution in [-0.4, -0.2) is 63.2 Å². The molecule has 2 fully saturated rings. The summed E-state index contributed by atoms with van der Waals surface area (Å²) in [5.41, 5.74) is 4.99. The molecule has 0 bridgehead atoms. The molecule has 0 radical (unpaired) electrons. The second kappa shape index (κ2) is 9.37. The van der Waals surface area contributed by atoms with Crippen molar-refractivity contribution < 1.29 is 9.13 Å². The number of ether oxygens (including phenoxy) is 1. The maximum absolute atomic E-state index is 14.8. The average molecular weight is 514 g/mol. The second-order valence-corrected chi connectivity index (χ2v) is 11.0. The number of piperidine rings is 1. The highest BCUT2D eigenvalue weighted by molar-refractivity contribution is 5.84.